The van der Waals surface area contributed by atoms with Crippen LogP contribution >= 0.6 is 23.2 Å². The van der Waals surface area contributed by atoms with Gasteiger partial charge in [0.05, 0.1) is 5.02 Å². The molecule has 0 atom stereocenters. The third-order valence-electron chi connectivity index (χ3n) is 1.46. The van der Waals surface area contributed by atoms with Gasteiger partial charge in [0, 0.05) is 11.6 Å². The van der Waals surface area contributed by atoms with Gasteiger partial charge >= 0.3 is 0 Å². The summed E-state index contributed by atoms with van der Waals surface area (Å²) in [5, 5.41) is 3.40. The molecular weight excluding hydrogens is 200 g/mol. The van der Waals surface area contributed by atoms with Gasteiger partial charge < -0.3 is 5.32 Å². The molecule has 0 spiro atoms. The van der Waals surface area contributed by atoms with Crippen molar-refractivity contribution in [3.8, 4) is 0 Å². The topological polar surface area (TPSA) is 12.0 Å². The molecule has 1 rings (SSSR count). The zero-order chi connectivity index (χ0) is 9.14. The van der Waals surface area contributed by atoms with Crippen LogP contribution in [0.15, 0.2) is 12.1 Å². The van der Waals surface area contributed by atoms with Crippen molar-refractivity contribution >= 4 is 23.2 Å². The minimum atomic E-state index is -0.485. The van der Waals surface area contributed by atoms with Crippen molar-refractivity contribution in [3.05, 3.63) is 33.6 Å². The van der Waals surface area contributed by atoms with E-state index in [0.717, 1.165) is 5.56 Å². The molecule has 4 heteroatoms. The highest BCUT2D eigenvalue weighted by atomic mass is 35.5. The second kappa shape index (κ2) is 4.08. The third-order valence-corrected chi connectivity index (χ3v) is 2.10. The average Bonchev–Trinajstić information content (AvgIpc) is 2.01. The summed E-state index contributed by atoms with van der Waals surface area (Å²) >= 11 is 11.3. The predicted octanol–water partition coefficient (Wildman–Crippen LogP) is 2.85. The van der Waals surface area contributed by atoms with Gasteiger partial charge in [0.15, 0.2) is 0 Å². The summed E-state index contributed by atoms with van der Waals surface area (Å²) in [6.07, 6.45) is 0. The fourth-order valence-corrected chi connectivity index (χ4v) is 1.29. The van der Waals surface area contributed by atoms with Gasteiger partial charge in [-0.2, -0.15) is 0 Å². The molecule has 0 aliphatic carbocycles. The lowest BCUT2D eigenvalue weighted by molar-refractivity contribution is 0.627. The largest absolute Gasteiger partial charge is 0.316 e. The predicted molar refractivity (Wildman–Crippen MR) is 49.2 cm³/mol. The lowest BCUT2D eigenvalue weighted by atomic mass is 10.2. The smallest absolute Gasteiger partial charge is 0.143 e. The molecule has 1 aromatic carbocycles. The maximum atomic E-state index is 12.8. The van der Waals surface area contributed by atoms with E-state index in [0.29, 0.717) is 11.6 Å². The Morgan fingerprint density at radius 3 is 2.58 bits per heavy atom. The van der Waals surface area contributed by atoms with Crippen LogP contribution < -0.4 is 5.32 Å². The molecule has 0 aromatic heterocycles. The Morgan fingerprint density at radius 1 is 1.33 bits per heavy atom. The zero-order valence-electron chi connectivity index (χ0n) is 6.50. The summed E-state index contributed by atoms with van der Waals surface area (Å²) < 4.78 is 12.8. The van der Waals surface area contributed by atoms with Crippen LogP contribution in [0.3, 0.4) is 0 Å². The SMILES string of the molecule is CNCc1cc(Cl)c(F)cc1Cl. The molecule has 0 fully saturated rings. The molecule has 66 valence electrons. The highest BCUT2D eigenvalue weighted by Crippen LogP contribution is 2.23. The van der Waals surface area contributed by atoms with Crippen LogP contribution in [0.25, 0.3) is 0 Å². The van der Waals surface area contributed by atoms with Crippen LogP contribution in [0.2, 0.25) is 10.0 Å². The van der Waals surface area contributed by atoms with Gasteiger partial charge in [0.2, 0.25) is 0 Å². The summed E-state index contributed by atoms with van der Waals surface area (Å²) in [7, 11) is 1.79. The van der Waals surface area contributed by atoms with Gasteiger partial charge in [0.25, 0.3) is 0 Å². The normalized spacial score (nSPS) is 10.3. The Balaban J connectivity index is 3.05. The molecule has 0 bridgehead atoms. The number of benzene rings is 1. The zero-order valence-corrected chi connectivity index (χ0v) is 8.01. The Labute approximate surface area is 80.5 Å². The van der Waals surface area contributed by atoms with Crippen molar-refractivity contribution in [2.24, 2.45) is 0 Å². The van der Waals surface area contributed by atoms with Crippen LogP contribution in [0.5, 0.6) is 0 Å². The van der Waals surface area contributed by atoms with E-state index in [1.54, 1.807) is 7.05 Å². The summed E-state index contributed by atoms with van der Waals surface area (Å²) in [5.74, 6) is -0.485. The van der Waals surface area contributed by atoms with E-state index in [1.807, 2.05) is 0 Å². The molecule has 0 unspecified atom stereocenters. The first-order chi connectivity index (χ1) is 5.65. The van der Waals surface area contributed by atoms with Gasteiger partial charge in [-0.25, -0.2) is 4.39 Å². The molecule has 0 heterocycles. The second-order valence-electron chi connectivity index (χ2n) is 2.39. The highest BCUT2D eigenvalue weighted by molar-refractivity contribution is 6.33. The maximum Gasteiger partial charge on any atom is 0.143 e. The maximum absolute atomic E-state index is 12.8. The standard InChI is InChI=1S/C8H8Cl2FN/c1-12-4-5-2-7(10)8(11)3-6(5)9/h2-3,12H,4H2,1H3. The first-order valence-electron chi connectivity index (χ1n) is 3.43. The van der Waals surface area contributed by atoms with Crippen LogP contribution in [0.4, 0.5) is 4.39 Å². The lowest BCUT2D eigenvalue weighted by Crippen LogP contribution is -2.05. The van der Waals surface area contributed by atoms with E-state index < -0.39 is 5.82 Å². The van der Waals surface area contributed by atoms with E-state index in [4.69, 9.17) is 23.2 Å². The summed E-state index contributed by atoms with van der Waals surface area (Å²) in [4.78, 5) is 0. The minimum Gasteiger partial charge on any atom is -0.316 e. The van der Waals surface area contributed by atoms with Crippen LogP contribution in [-0.2, 0) is 6.54 Å². The number of hydrogen-bond acceptors (Lipinski definition) is 1. The third kappa shape index (κ3) is 2.09. The number of rotatable bonds is 2. The first kappa shape index (κ1) is 9.78. The Bertz CT molecular complexity index is 289. The van der Waals surface area contributed by atoms with Gasteiger partial charge in [-0.1, -0.05) is 23.2 Å². The highest BCUT2D eigenvalue weighted by Gasteiger charge is 2.05. The van der Waals surface area contributed by atoms with Crippen molar-refractivity contribution in [1.82, 2.24) is 5.32 Å². The van der Waals surface area contributed by atoms with Crippen molar-refractivity contribution in [3.63, 3.8) is 0 Å². The summed E-state index contributed by atoms with van der Waals surface area (Å²) in [5.41, 5.74) is 0.797. The molecule has 0 amide bonds. The van der Waals surface area contributed by atoms with Crippen LogP contribution in [0, 0.1) is 5.82 Å². The van der Waals surface area contributed by atoms with Crippen LogP contribution in [-0.4, -0.2) is 7.05 Å². The molecular formula is C8H8Cl2FN. The van der Waals surface area contributed by atoms with E-state index in [-0.39, 0.29) is 5.02 Å². The molecule has 0 radical (unpaired) electrons. The van der Waals surface area contributed by atoms with Gasteiger partial charge in [-0.15, -0.1) is 0 Å². The molecule has 1 N–H and O–H groups in total. The van der Waals surface area contributed by atoms with Gasteiger partial charge in [-0.05, 0) is 24.7 Å². The number of nitrogens with one attached hydrogen (secondary N) is 1. The summed E-state index contributed by atoms with van der Waals surface area (Å²) in [6, 6.07) is 2.74. The lowest BCUT2D eigenvalue weighted by Gasteiger charge is -2.04. The van der Waals surface area contributed by atoms with E-state index in [2.05, 4.69) is 5.32 Å². The van der Waals surface area contributed by atoms with E-state index in [9.17, 15) is 4.39 Å². The molecule has 12 heavy (non-hydrogen) atoms. The fraction of sp³-hybridized carbons (Fsp3) is 0.250. The van der Waals surface area contributed by atoms with Crippen molar-refractivity contribution in [2.75, 3.05) is 7.05 Å². The molecule has 1 aromatic rings. The Kier molecular flexibility index (Phi) is 3.32. The van der Waals surface area contributed by atoms with Crippen molar-refractivity contribution in [1.29, 1.82) is 0 Å². The number of hydrogen-bond donors (Lipinski definition) is 1. The molecule has 1 nitrogen and oxygen atoms in total. The van der Waals surface area contributed by atoms with E-state index >= 15 is 0 Å². The van der Waals surface area contributed by atoms with Gasteiger partial charge in [-0.3, -0.25) is 0 Å². The Morgan fingerprint density at radius 2 is 2.00 bits per heavy atom. The van der Waals surface area contributed by atoms with Crippen molar-refractivity contribution < 1.29 is 4.39 Å². The first-order valence-corrected chi connectivity index (χ1v) is 4.18. The van der Waals surface area contributed by atoms with Crippen LogP contribution in [0.1, 0.15) is 5.56 Å². The monoisotopic (exact) mass is 207 g/mol. The van der Waals surface area contributed by atoms with Gasteiger partial charge in [0.1, 0.15) is 5.82 Å². The fourth-order valence-electron chi connectivity index (χ4n) is 0.890. The minimum absolute atomic E-state index is 0.102. The Hall–Kier alpha value is -0.310. The molecule has 0 saturated carbocycles. The summed E-state index contributed by atoms with van der Waals surface area (Å²) in [6.45, 7) is 0.582. The molecule has 0 aliphatic heterocycles. The molecule has 0 aliphatic rings. The van der Waals surface area contributed by atoms with E-state index in [1.165, 1.54) is 12.1 Å². The van der Waals surface area contributed by atoms with Crippen molar-refractivity contribution in [2.45, 2.75) is 6.54 Å². The quantitative estimate of drug-likeness (QED) is 0.736. The molecule has 0 saturated heterocycles. The second-order valence-corrected chi connectivity index (χ2v) is 3.20. The number of halogens is 3. The average molecular weight is 208 g/mol.